The Morgan fingerprint density at radius 3 is 1.14 bits per heavy atom. The lowest BCUT2D eigenvalue weighted by Crippen LogP contribution is -2.69. The number of hydrogen-bond donors (Lipinski definition) is 11. The highest BCUT2D eigenvalue weighted by Gasteiger charge is 2.58. The molecule has 2 heterocycles. The second kappa shape index (κ2) is 53.5. The number of rotatable bonds is 58. The fraction of sp³-hybridized carbons (Fsp3) is 0.930. The van der Waals surface area contributed by atoms with Crippen LogP contribution in [0.5, 0.6) is 0 Å². The number of phosphoric ester groups is 1. The van der Waals surface area contributed by atoms with E-state index in [1.165, 1.54) is 135 Å². The fourth-order valence-electron chi connectivity index (χ4n) is 12.4. The molecule has 0 radical (unpaired) electrons. The number of ether oxygens (including phenoxy) is 7. The number of aliphatic hydroxyl groups excluding tert-OH is 10. The van der Waals surface area contributed by atoms with Gasteiger partial charge in [-0.2, -0.15) is 0 Å². The normalized spacial score (nSPS) is 28.0. The summed E-state index contributed by atoms with van der Waals surface area (Å²) in [6.45, 7) is 3.43. The van der Waals surface area contributed by atoms with Crippen LogP contribution in [0.2, 0.25) is 0 Å². The first-order valence-corrected chi connectivity index (χ1v) is 39.0. The van der Waals surface area contributed by atoms with Crippen LogP contribution in [0.1, 0.15) is 290 Å². The van der Waals surface area contributed by atoms with Gasteiger partial charge in [0.25, 0.3) is 0 Å². The molecule has 25 heteroatoms. The van der Waals surface area contributed by atoms with Gasteiger partial charge in [-0.3, -0.25) is 23.4 Å². The molecule has 3 fully saturated rings. The van der Waals surface area contributed by atoms with Crippen molar-refractivity contribution >= 4 is 25.7 Å². The zero-order valence-electron chi connectivity index (χ0n) is 58.7. The summed E-state index contributed by atoms with van der Waals surface area (Å²) in [5, 5.41) is 110. The number of unbranched alkanes of at least 4 members (excludes halogenated alkanes) is 35. The monoisotopic (exact) mass is 1400 g/mol. The first kappa shape index (κ1) is 87.9. The predicted molar refractivity (Wildman–Crippen MR) is 361 cm³/mol. The average molecular weight is 1400 g/mol. The molecule has 24 nitrogen and oxygen atoms in total. The van der Waals surface area contributed by atoms with Gasteiger partial charge in [0.2, 0.25) is 0 Å². The van der Waals surface area contributed by atoms with E-state index in [0.29, 0.717) is 25.7 Å². The lowest BCUT2D eigenvalue weighted by molar-refractivity contribution is -0.360. The maximum absolute atomic E-state index is 14.3. The highest BCUT2D eigenvalue weighted by atomic mass is 31.2. The first-order valence-electron chi connectivity index (χ1n) is 37.5. The summed E-state index contributed by atoms with van der Waals surface area (Å²) in [5.74, 6) is -2.00. The van der Waals surface area contributed by atoms with Gasteiger partial charge in [0, 0.05) is 19.3 Å². The minimum Gasteiger partial charge on any atom is -0.463 e. The SMILES string of the molecule is CCCCCCCC/C=C\CCCCCC(=O)OC(COC(=O)CCCCCCCCCCCCCCC)COP(=O)(O)OC1C(OC2OC(CO)C(O)C(O)C2O)C(O)C(O)C(O)C1OC1OC(COC(=O)CCCCCCCCCCCCCCCCC)C(O)C(O)C1O. The van der Waals surface area contributed by atoms with Gasteiger partial charge in [-0.05, 0) is 44.9 Å². The molecular formula is C71H131O24P. The van der Waals surface area contributed by atoms with Crippen LogP contribution in [0.3, 0.4) is 0 Å². The van der Waals surface area contributed by atoms with E-state index in [4.69, 9.17) is 42.2 Å². The van der Waals surface area contributed by atoms with Gasteiger partial charge in [-0.15, -0.1) is 0 Å². The topological polar surface area (TPSA) is 374 Å². The molecule has 0 amide bonds. The minimum atomic E-state index is -5.69. The number of carbonyl (C=O) groups excluding carboxylic acids is 3. The molecule has 11 N–H and O–H groups in total. The summed E-state index contributed by atoms with van der Waals surface area (Å²) in [7, 11) is -5.69. The Hall–Kier alpha value is -2.30. The summed E-state index contributed by atoms with van der Waals surface area (Å²) in [6, 6.07) is 0. The molecule has 18 unspecified atom stereocenters. The molecule has 96 heavy (non-hydrogen) atoms. The summed E-state index contributed by atoms with van der Waals surface area (Å²) in [5.41, 5.74) is 0. The third-order valence-corrected chi connectivity index (χ3v) is 19.5. The highest BCUT2D eigenvalue weighted by Crippen LogP contribution is 2.49. The van der Waals surface area contributed by atoms with Crippen molar-refractivity contribution in [1.82, 2.24) is 0 Å². The molecule has 18 atom stereocenters. The van der Waals surface area contributed by atoms with Gasteiger partial charge in [-0.25, -0.2) is 4.57 Å². The molecule has 0 aromatic carbocycles. The maximum Gasteiger partial charge on any atom is 0.472 e. The molecule has 0 aromatic heterocycles. The van der Waals surface area contributed by atoms with Crippen molar-refractivity contribution in [2.24, 2.45) is 0 Å². The summed E-state index contributed by atoms with van der Waals surface area (Å²) < 4.78 is 64.9. The Morgan fingerprint density at radius 2 is 0.729 bits per heavy atom. The van der Waals surface area contributed by atoms with Gasteiger partial charge in [0.05, 0.1) is 13.2 Å². The highest BCUT2D eigenvalue weighted by molar-refractivity contribution is 7.47. The smallest absolute Gasteiger partial charge is 0.463 e. The zero-order valence-corrected chi connectivity index (χ0v) is 59.6. The number of aliphatic hydroxyl groups is 10. The summed E-state index contributed by atoms with van der Waals surface area (Å²) >= 11 is 0. The van der Waals surface area contributed by atoms with Gasteiger partial charge in [-0.1, -0.05) is 238 Å². The third-order valence-electron chi connectivity index (χ3n) is 18.5. The van der Waals surface area contributed by atoms with E-state index in [-0.39, 0.29) is 19.3 Å². The minimum absolute atomic E-state index is 0.0321. The lowest BCUT2D eigenvalue weighted by atomic mass is 9.84. The molecule has 1 saturated carbocycles. The number of hydrogen-bond acceptors (Lipinski definition) is 23. The second-order valence-corrected chi connectivity index (χ2v) is 28.4. The Kier molecular flexibility index (Phi) is 49.0. The van der Waals surface area contributed by atoms with Crippen molar-refractivity contribution in [3.63, 3.8) is 0 Å². The molecule has 1 aliphatic carbocycles. The zero-order chi connectivity index (χ0) is 70.4. The van der Waals surface area contributed by atoms with Crippen LogP contribution in [-0.2, 0) is 61.2 Å². The van der Waals surface area contributed by atoms with Crippen LogP contribution in [0, 0.1) is 0 Å². The van der Waals surface area contributed by atoms with Crippen LogP contribution >= 0.6 is 7.82 Å². The van der Waals surface area contributed by atoms with Gasteiger partial charge >= 0.3 is 25.7 Å². The summed E-state index contributed by atoms with van der Waals surface area (Å²) in [4.78, 5) is 50.9. The Morgan fingerprint density at radius 1 is 0.396 bits per heavy atom. The van der Waals surface area contributed by atoms with Crippen molar-refractivity contribution in [2.45, 2.75) is 395 Å². The average Bonchev–Trinajstić information content (AvgIpc) is 0.768. The number of esters is 3. The van der Waals surface area contributed by atoms with Crippen LogP contribution < -0.4 is 0 Å². The molecule has 3 aliphatic rings. The van der Waals surface area contributed by atoms with Crippen molar-refractivity contribution in [3.05, 3.63) is 12.2 Å². The van der Waals surface area contributed by atoms with Crippen LogP contribution in [0.25, 0.3) is 0 Å². The largest absolute Gasteiger partial charge is 0.472 e. The van der Waals surface area contributed by atoms with Crippen molar-refractivity contribution in [2.75, 3.05) is 26.4 Å². The maximum atomic E-state index is 14.3. The third kappa shape index (κ3) is 36.5. The lowest BCUT2D eigenvalue weighted by Gasteiger charge is -2.49. The van der Waals surface area contributed by atoms with Crippen LogP contribution in [-0.4, -0.2) is 204 Å². The molecule has 3 rings (SSSR count). The molecule has 2 aliphatic heterocycles. The standard InChI is InChI=1S/C71H131O24P/c1-4-7-10-13-16-19-22-25-26-29-31-34-37-40-43-46-56(74)88-51-54-59(77)61(79)66(84)71(92-54)94-68-64(82)62(80)63(81)67(93-70-65(83)60(78)58(76)53(48-72)91-70)69(68)95-96(85,86)89-50-52(90-57(75)47-44-41-38-35-32-28-24-21-18-15-12-9-6-3)49-87-55(73)45-42-39-36-33-30-27-23-20-17-14-11-8-5-2/h28,32,52-54,58-72,76-84H,4-27,29-31,33-51H2,1-3H3,(H,85,86)/b32-28-. The Balaban J connectivity index is 1.74. The molecule has 564 valence electrons. The van der Waals surface area contributed by atoms with Crippen molar-refractivity contribution < 1.29 is 117 Å². The van der Waals surface area contributed by atoms with E-state index >= 15 is 0 Å². The van der Waals surface area contributed by atoms with Gasteiger partial charge < -0.3 is 89.1 Å². The molecule has 0 aromatic rings. The van der Waals surface area contributed by atoms with E-state index < -0.39 is 156 Å². The quantitative estimate of drug-likeness (QED) is 0.00886. The van der Waals surface area contributed by atoms with E-state index in [0.717, 1.165) is 89.9 Å². The molecular weight excluding hydrogens is 1270 g/mol. The van der Waals surface area contributed by atoms with Crippen molar-refractivity contribution in [3.8, 4) is 0 Å². The number of carbonyl (C=O) groups is 3. The van der Waals surface area contributed by atoms with E-state index in [9.17, 15) is 74.9 Å². The number of allylic oxidation sites excluding steroid dienone is 2. The van der Waals surface area contributed by atoms with Gasteiger partial charge in [0.15, 0.2) is 18.7 Å². The van der Waals surface area contributed by atoms with Crippen LogP contribution in [0.15, 0.2) is 12.2 Å². The van der Waals surface area contributed by atoms with Crippen molar-refractivity contribution in [1.29, 1.82) is 0 Å². The van der Waals surface area contributed by atoms with E-state index in [1.54, 1.807) is 0 Å². The predicted octanol–water partition coefficient (Wildman–Crippen LogP) is 9.96. The molecule has 0 bridgehead atoms. The number of phosphoric acid groups is 1. The van der Waals surface area contributed by atoms with E-state index in [1.807, 2.05) is 0 Å². The summed E-state index contributed by atoms with van der Waals surface area (Å²) in [6.07, 6.45) is 11.4. The fourth-order valence-corrected chi connectivity index (χ4v) is 13.4. The Bertz CT molecular complexity index is 2040. The second-order valence-electron chi connectivity index (χ2n) is 27.0. The molecule has 0 spiro atoms. The first-order chi connectivity index (χ1) is 46.3. The Labute approximate surface area is 573 Å². The van der Waals surface area contributed by atoms with E-state index in [2.05, 4.69) is 32.9 Å². The van der Waals surface area contributed by atoms with Gasteiger partial charge in [0.1, 0.15) is 98.7 Å². The van der Waals surface area contributed by atoms with Crippen LogP contribution in [0.4, 0.5) is 0 Å². The molecule has 2 saturated heterocycles.